The minimum absolute atomic E-state index is 0.136. The normalized spacial score (nSPS) is 10.4. The van der Waals surface area contributed by atoms with Gasteiger partial charge in [0.2, 0.25) is 0 Å². The van der Waals surface area contributed by atoms with Crippen LogP contribution in [0.4, 0.5) is 5.69 Å². The number of benzene rings is 1. The van der Waals surface area contributed by atoms with Crippen LogP contribution in [0.3, 0.4) is 0 Å². The molecule has 0 fully saturated rings. The van der Waals surface area contributed by atoms with Crippen molar-refractivity contribution < 1.29 is 23.6 Å². The molecular weight excluding hydrogens is 348 g/mol. The fourth-order valence-corrected chi connectivity index (χ4v) is 2.44. The molecule has 0 spiro atoms. The van der Waals surface area contributed by atoms with Gasteiger partial charge >= 0.3 is 5.97 Å². The maximum Gasteiger partial charge on any atom is 0.306 e. The zero-order valence-electron chi connectivity index (χ0n) is 14.2. The highest BCUT2D eigenvalue weighted by atomic mass is 35.5. The summed E-state index contributed by atoms with van der Waals surface area (Å²) in [6.07, 6.45) is 0.584. The Balaban J connectivity index is 1.82. The second kappa shape index (κ2) is 8.53. The van der Waals surface area contributed by atoms with Gasteiger partial charge in [-0.3, -0.25) is 9.59 Å². The summed E-state index contributed by atoms with van der Waals surface area (Å²) in [5.41, 5.74) is 2.04. The molecule has 2 rings (SSSR count). The fourth-order valence-electron chi connectivity index (χ4n) is 2.27. The number of aryl methyl sites for hydroxylation is 2. The first-order chi connectivity index (χ1) is 11.9. The number of nitrogens with zero attached hydrogens (tertiary/aromatic N) is 1. The molecule has 1 aromatic heterocycles. The molecule has 1 heterocycles. The van der Waals surface area contributed by atoms with Gasteiger partial charge in [-0.2, -0.15) is 0 Å². The van der Waals surface area contributed by atoms with Gasteiger partial charge in [0.15, 0.2) is 6.61 Å². The number of rotatable bonds is 7. The molecule has 0 aliphatic heterocycles. The second-order valence-electron chi connectivity index (χ2n) is 5.36. The van der Waals surface area contributed by atoms with Crippen molar-refractivity contribution in [3.63, 3.8) is 0 Å². The minimum Gasteiger partial charge on any atom is -0.495 e. The van der Waals surface area contributed by atoms with Crippen LogP contribution in [0.15, 0.2) is 22.7 Å². The lowest BCUT2D eigenvalue weighted by atomic mass is 10.1. The number of hydrogen-bond donors (Lipinski definition) is 1. The number of nitrogens with one attached hydrogen (secondary N) is 1. The highest BCUT2D eigenvalue weighted by molar-refractivity contribution is 6.31. The Bertz CT molecular complexity index is 753. The van der Waals surface area contributed by atoms with E-state index in [0.29, 0.717) is 28.6 Å². The Hall–Kier alpha value is -2.54. The Morgan fingerprint density at radius 2 is 2.08 bits per heavy atom. The van der Waals surface area contributed by atoms with E-state index in [-0.39, 0.29) is 6.42 Å². The van der Waals surface area contributed by atoms with Crippen LogP contribution in [-0.2, 0) is 20.7 Å². The molecule has 134 valence electrons. The van der Waals surface area contributed by atoms with Crippen LogP contribution in [0.1, 0.15) is 23.4 Å². The number of anilines is 1. The van der Waals surface area contributed by atoms with Crippen LogP contribution in [-0.4, -0.2) is 30.7 Å². The van der Waals surface area contributed by atoms with Crippen LogP contribution in [0.25, 0.3) is 0 Å². The van der Waals surface area contributed by atoms with Crippen molar-refractivity contribution in [1.29, 1.82) is 0 Å². The molecule has 7 nitrogen and oxygen atoms in total. The average Bonchev–Trinajstić information content (AvgIpc) is 2.89. The van der Waals surface area contributed by atoms with E-state index in [0.717, 1.165) is 11.3 Å². The van der Waals surface area contributed by atoms with E-state index in [1.54, 1.807) is 25.1 Å². The van der Waals surface area contributed by atoms with Gasteiger partial charge in [0.05, 0.1) is 18.5 Å². The summed E-state index contributed by atoms with van der Waals surface area (Å²) in [6, 6.07) is 4.83. The predicted molar refractivity (Wildman–Crippen MR) is 91.9 cm³/mol. The van der Waals surface area contributed by atoms with E-state index >= 15 is 0 Å². The smallest absolute Gasteiger partial charge is 0.306 e. The molecule has 0 unspecified atom stereocenters. The highest BCUT2D eigenvalue weighted by Gasteiger charge is 2.14. The first-order valence-corrected chi connectivity index (χ1v) is 7.99. The molecule has 0 radical (unpaired) electrons. The van der Waals surface area contributed by atoms with Crippen molar-refractivity contribution in [2.45, 2.75) is 26.7 Å². The van der Waals surface area contributed by atoms with Crippen molar-refractivity contribution in [2.75, 3.05) is 19.0 Å². The van der Waals surface area contributed by atoms with Gasteiger partial charge in [-0.25, -0.2) is 0 Å². The standard InChI is InChI=1S/C17H19ClN2O5/c1-10-13(11(2)25-20-10)5-7-17(22)24-9-16(21)19-14-8-12(18)4-6-15(14)23-3/h4,6,8H,5,7,9H2,1-3H3,(H,19,21). The lowest BCUT2D eigenvalue weighted by Crippen LogP contribution is -2.21. The third-order valence-corrected chi connectivity index (χ3v) is 3.80. The van der Waals surface area contributed by atoms with E-state index in [4.69, 9.17) is 25.6 Å². The quantitative estimate of drug-likeness (QED) is 0.757. The summed E-state index contributed by atoms with van der Waals surface area (Å²) in [4.78, 5) is 23.7. The van der Waals surface area contributed by atoms with Crippen molar-refractivity contribution >= 4 is 29.2 Å². The average molecular weight is 367 g/mol. The molecule has 1 aromatic carbocycles. The maximum absolute atomic E-state index is 11.9. The van der Waals surface area contributed by atoms with Gasteiger partial charge in [-0.15, -0.1) is 0 Å². The van der Waals surface area contributed by atoms with E-state index in [1.165, 1.54) is 7.11 Å². The van der Waals surface area contributed by atoms with Crippen molar-refractivity contribution in [1.82, 2.24) is 5.16 Å². The number of aromatic nitrogens is 1. The van der Waals surface area contributed by atoms with Crippen molar-refractivity contribution in [2.24, 2.45) is 0 Å². The molecule has 1 amide bonds. The van der Waals surface area contributed by atoms with E-state index in [1.807, 2.05) is 6.92 Å². The third kappa shape index (κ3) is 5.22. The van der Waals surface area contributed by atoms with E-state index in [2.05, 4.69) is 10.5 Å². The van der Waals surface area contributed by atoms with Crippen LogP contribution < -0.4 is 10.1 Å². The van der Waals surface area contributed by atoms with E-state index < -0.39 is 18.5 Å². The summed E-state index contributed by atoms with van der Waals surface area (Å²) < 4.78 is 15.1. The van der Waals surface area contributed by atoms with Crippen molar-refractivity contribution in [3.8, 4) is 5.75 Å². The van der Waals surface area contributed by atoms with Crippen molar-refractivity contribution in [3.05, 3.63) is 40.2 Å². The topological polar surface area (TPSA) is 90.7 Å². The van der Waals surface area contributed by atoms with Gasteiger partial charge in [0.1, 0.15) is 11.5 Å². The fraction of sp³-hybridized carbons (Fsp3) is 0.353. The molecule has 0 aliphatic rings. The number of hydrogen-bond acceptors (Lipinski definition) is 6. The maximum atomic E-state index is 11.9. The lowest BCUT2D eigenvalue weighted by molar-refractivity contribution is -0.147. The number of methoxy groups -OCH3 is 1. The summed E-state index contributed by atoms with van der Waals surface area (Å²) in [6.45, 7) is 3.20. The zero-order valence-corrected chi connectivity index (χ0v) is 15.0. The molecule has 0 saturated heterocycles. The van der Waals surface area contributed by atoms with Gasteiger partial charge in [0.25, 0.3) is 5.91 Å². The number of ether oxygens (including phenoxy) is 2. The molecule has 1 N–H and O–H groups in total. The Labute approximate surface area is 150 Å². The summed E-state index contributed by atoms with van der Waals surface area (Å²) in [5, 5.41) is 6.87. The van der Waals surface area contributed by atoms with E-state index in [9.17, 15) is 9.59 Å². The SMILES string of the molecule is COc1ccc(Cl)cc1NC(=O)COC(=O)CCc1c(C)noc1C. The zero-order chi connectivity index (χ0) is 18.4. The molecule has 0 atom stereocenters. The Morgan fingerprint density at radius 3 is 2.72 bits per heavy atom. The minimum atomic E-state index is -0.480. The molecule has 0 aliphatic carbocycles. The summed E-state index contributed by atoms with van der Waals surface area (Å²) in [7, 11) is 1.48. The molecule has 8 heteroatoms. The van der Waals surface area contributed by atoms with Crippen LogP contribution in [0, 0.1) is 13.8 Å². The number of carbonyl (C=O) groups excluding carboxylic acids is 2. The number of amides is 1. The number of carbonyl (C=O) groups is 2. The third-order valence-electron chi connectivity index (χ3n) is 3.56. The molecular formula is C17H19ClN2O5. The summed E-state index contributed by atoms with van der Waals surface area (Å²) in [5.74, 6) is 0.179. The second-order valence-corrected chi connectivity index (χ2v) is 5.79. The Kier molecular flexibility index (Phi) is 6.41. The Morgan fingerprint density at radius 1 is 1.32 bits per heavy atom. The van der Waals surface area contributed by atoms with Gasteiger partial charge in [0, 0.05) is 17.0 Å². The molecule has 25 heavy (non-hydrogen) atoms. The van der Waals surface area contributed by atoms with Gasteiger partial charge < -0.3 is 19.3 Å². The first-order valence-electron chi connectivity index (χ1n) is 7.61. The monoisotopic (exact) mass is 366 g/mol. The highest BCUT2D eigenvalue weighted by Crippen LogP contribution is 2.27. The van der Waals surface area contributed by atoms with Crippen LogP contribution >= 0.6 is 11.6 Å². The summed E-state index contributed by atoms with van der Waals surface area (Å²) >= 11 is 5.90. The molecule has 0 bridgehead atoms. The largest absolute Gasteiger partial charge is 0.495 e. The number of esters is 1. The molecule has 2 aromatic rings. The van der Waals surface area contributed by atoms with Crippen LogP contribution in [0.2, 0.25) is 5.02 Å². The van der Waals surface area contributed by atoms with Gasteiger partial charge in [-0.05, 0) is 38.5 Å². The van der Waals surface area contributed by atoms with Gasteiger partial charge in [-0.1, -0.05) is 16.8 Å². The van der Waals surface area contributed by atoms with Crippen LogP contribution in [0.5, 0.6) is 5.75 Å². The number of halogens is 1. The lowest BCUT2D eigenvalue weighted by Gasteiger charge is -2.10. The molecule has 0 saturated carbocycles. The predicted octanol–water partition coefficient (Wildman–Crippen LogP) is 3.07. The first kappa shape index (κ1) is 18.8.